The minimum absolute atomic E-state index is 0.000836. The van der Waals surface area contributed by atoms with E-state index < -0.39 is 0 Å². The van der Waals surface area contributed by atoms with Gasteiger partial charge >= 0.3 is 0 Å². The van der Waals surface area contributed by atoms with Crippen molar-refractivity contribution in [1.82, 2.24) is 10.6 Å². The van der Waals surface area contributed by atoms with E-state index in [1.54, 1.807) is 11.3 Å². The van der Waals surface area contributed by atoms with Gasteiger partial charge in [-0.05, 0) is 41.4 Å². The highest BCUT2D eigenvalue weighted by Gasteiger charge is 2.18. The summed E-state index contributed by atoms with van der Waals surface area (Å²) in [7, 11) is 0. The van der Waals surface area contributed by atoms with Gasteiger partial charge in [0.15, 0.2) is 0 Å². The molecule has 0 bridgehead atoms. The molecule has 1 aromatic rings. The lowest BCUT2D eigenvalue weighted by Gasteiger charge is -2.14. The molecule has 1 aliphatic rings. The summed E-state index contributed by atoms with van der Waals surface area (Å²) in [6.45, 7) is 1.59. The standard InChI is InChI=1S/C12H17BrN2OS/c13-9-6-10(17-8-9)7-15-12(16)11-4-2-1-3-5-14-11/h6,8,11,14H,1-5,7H2,(H,15,16). The maximum absolute atomic E-state index is 12.0. The van der Waals surface area contributed by atoms with E-state index in [-0.39, 0.29) is 11.9 Å². The first kappa shape index (κ1) is 13.1. The van der Waals surface area contributed by atoms with Gasteiger partial charge in [0, 0.05) is 14.7 Å². The normalized spacial score (nSPS) is 20.9. The molecule has 94 valence electrons. The number of thiophene rings is 1. The van der Waals surface area contributed by atoms with Crippen molar-refractivity contribution in [3.05, 3.63) is 20.8 Å². The first-order chi connectivity index (χ1) is 8.25. The van der Waals surface area contributed by atoms with Crippen LogP contribution in [0.25, 0.3) is 0 Å². The Hall–Kier alpha value is -0.390. The van der Waals surface area contributed by atoms with Gasteiger partial charge in [-0.15, -0.1) is 11.3 Å². The van der Waals surface area contributed by atoms with Gasteiger partial charge < -0.3 is 10.6 Å². The van der Waals surface area contributed by atoms with Gasteiger partial charge in [-0.1, -0.05) is 12.8 Å². The number of amides is 1. The fourth-order valence-corrected chi connectivity index (χ4v) is 3.39. The fraction of sp³-hybridized carbons (Fsp3) is 0.583. The van der Waals surface area contributed by atoms with Crippen LogP contribution < -0.4 is 10.6 Å². The molecule has 2 N–H and O–H groups in total. The van der Waals surface area contributed by atoms with Crippen LogP contribution in [0.4, 0.5) is 0 Å². The van der Waals surface area contributed by atoms with E-state index in [1.807, 2.05) is 11.4 Å². The Labute approximate surface area is 114 Å². The zero-order chi connectivity index (χ0) is 12.1. The van der Waals surface area contributed by atoms with Gasteiger partial charge in [0.05, 0.1) is 12.6 Å². The lowest BCUT2D eigenvalue weighted by Crippen LogP contribution is -2.43. The molecular formula is C12H17BrN2OS. The summed E-state index contributed by atoms with van der Waals surface area (Å²) in [5, 5.41) is 8.34. The van der Waals surface area contributed by atoms with E-state index in [4.69, 9.17) is 0 Å². The van der Waals surface area contributed by atoms with E-state index in [9.17, 15) is 4.79 Å². The lowest BCUT2D eigenvalue weighted by atomic mass is 10.1. The number of hydrogen-bond donors (Lipinski definition) is 2. The Kier molecular flexibility index (Phi) is 5.00. The molecule has 17 heavy (non-hydrogen) atoms. The van der Waals surface area contributed by atoms with E-state index in [0.717, 1.165) is 23.9 Å². The minimum atomic E-state index is 0.000836. The fourth-order valence-electron chi connectivity index (χ4n) is 2.00. The third-order valence-electron chi connectivity index (χ3n) is 2.94. The molecule has 2 rings (SSSR count). The summed E-state index contributed by atoms with van der Waals surface area (Å²) in [4.78, 5) is 13.1. The van der Waals surface area contributed by atoms with Crippen molar-refractivity contribution >= 4 is 33.2 Å². The molecule has 0 spiro atoms. The molecule has 0 aromatic carbocycles. The highest BCUT2D eigenvalue weighted by molar-refractivity contribution is 9.10. The van der Waals surface area contributed by atoms with E-state index >= 15 is 0 Å². The third-order valence-corrected chi connectivity index (χ3v) is 4.63. The molecule has 1 aliphatic heterocycles. The second-order valence-corrected chi connectivity index (χ2v) is 6.22. The van der Waals surface area contributed by atoms with Crippen molar-refractivity contribution in [2.24, 2.45) is 0 Å². The number of nitrogens with one attached hydrogen (secondary N) is 2. The Morgan fingerprint density at radius 2 is 2.41 bits per heavy atom. The van der Waals surface area contributed by atoms with Crippen molar-refractivity contribution < 1.29 is 4.79 Å². The first-order valence-corrected chi connectivity index (χ1v) is 7.67. The molecule has 1 atom stereocenters. The number of carbonyl (C=O) groups excluding carboxylic acids is 1. The predicted molar refractivity (Wildman–Crippen MR) is 74.1 cm³/mol. The molecule has 1 saturated heterocycles. The Balaban J connectivity index is 1.79. The molecule has 1 amide bonds. The summed E-state index contributed by atoms with van der Waals surface area (Å²) >= 11 is 5.07. The molecule has 5 heteroatoms. The maximum Gasteiger partial charge on any atom is 0.237 e. The second kappa shape index (κ2) is 6.52. The van der Waals surface area contributed by atoms with E-state index in [0.29, 0.717) is 6.54 Å². The van der Waals surface area contributed by atoms with Crippen LogP contribution in [0.2, 0.25) is 0 Å². The zero-order valence-corrected chi connectivity index (χ0v) is 12.1. The molecule has 1 fully saturated rings. The van der Waals surface area contributed by atoms with Gasteiger partial charge in [-0.2, -0.15) is 0 Å². The quantitative estimate of drug-likeness (QED) is 0.900. The summed E-state index contributed by atoms with van der Waals surface area (Å²) < 4.78 is 1.08. The van der Waals surface area contributed by atoms with Crippen LogP contribution in [-0.2, 0) is 11.3 Å². The zero-order valence-electron chi connectivity index (χ0n) is 9.67. The van der Waals surface area contributed by atoms with Gasteiger partial charge in [-0.3, -0.25) is 4.79 Å². The summed E-state index contributed by atoms with van der Waals surface area (Å²) in [5.74, 6) is 0.136. The Bertz CT molecular complexity index is 372. The maximum atomic E-state index is 12.0. The van der Waals surface area contributed by atoms with Crippen LogP contribution >= 0.6 is 27.3 Å². The summed E-state index contributed by atoms with van der Waals surface area (Å²) in [6, 6.07) is 2.05. The lowest BCUT2D eigenvalue weighted by molar-refractivity contribution is -0.123. The highest BCUT2D eigenvalue weighted by atomic mass is 79.9. The highest BCUT2D eigenvalue weighted by Crippen LogP contribution is 2.19. The van der Waals surface area contributed by atoms with Gasteiger partial charge in [-0.25, -0.2) is 0 Å². The van der Waals surface area contributed by atoms with Crippen molar-refractivity contribution in [3.63, 3.8) is 0 Å². The molecule has 0 radical (unpaired) electrons. The molecule has 1 aromatic heterocycles. The van der Waals surface area contributed by atoms with Crippen LogP contribution in [0.1, 0.15) is 30.6 Å². The van der Waals surface area contributed by atoms with Gasteiger partial charge in [0.1, 0.15) is 0 Å². The Morgan fingerprint density at radius 1 is 1.53 bits per heavy atom. The van der Waals surface area contributed by atoms with Crippen molar-refractivity contribution in [2.75, 3.05) is 6.54 Å². The predicted octanol–water partition coefficient (Wildman–Crippen LogP) is 2.66. The third kappa shape index (κ3) is 4.08. The minimum Gasteiger partial charge on any atom is -0.350 e. The average Bonchev–Trinajstić information content (AvgIpc) is 2.58. The summed E-state index contributed by atoms with van der Waals surface area (Å²) in [6.07, 6.45) is 4.52. The average molecular weight is 317 g/mol. The first-order valence-electron chi connectivity index (χ1n) is 6.00. The summed E-state index contributed by atoms with van der Waals surface area (Å²) in [5.41, 5.74) is 0. The smallest absolute Gasteiger partial charge is 0.237 e. The van der Waals surface area contributed by atoms with Crippen LogP contribution in [0.15, 0.2) is 15.9 Å². The largest absolute Gasteiger partial charge is 0.350 e. The number of hydrogen-bond acceptors (Lipinski definition) is 3. The van der Waals surface area contributed by atoms with Crippen molar-refractivity contribution in [1.29, 1.82) is 0 Å². The number of halogens is 1. The van der Waals surface area contributed by atoms with Gasteiger partial charge in [0.2, 0.25) is 5.91 Å². The molecule has 3 nitrogen and oxygen atoms in total. The second-order valence-electron chi connectivity index (χ2n) is 4.31. The van der Waals surface area contributed by atoms with Crippen LogP contribution in [0, 0.1) is 0 Å². The van der Waals surface area contributed by atoms with Crippen molar-refractivity contribution in [3.8, 4) is 0 Å². The van der Waals surface area contributed by atoms with Crippen molar-refractivity contribution in [2.45, 2.75) is 38.3 Å². The van der Waals surface area contributed by atoms with Crippen LogP contribution in [0.5, 0.6) is 0 Å². The number of rotatable bonds is 3. The van der Waals surface area contributed by atoms with E-state index in [2.05, 4.69) is 26.6 Å². The SMILES string of the molecule is O=C(NCc1cc(Br)cs1)C1CCCCCN1. The van der Waals surface area contributed by atoms with Gasteiger partial charge in [0.25, 0.3) is 0 Å². The topological polar surface area (TPSA) is 41.1 Å². The van der Waals surface area contributed by atoms with Crippen LogP contribution in [-0.4, -0.2) is 18.5 Å². The van der Waals surface area contributed by atoms with E-state index in [1.165, 1.54) is 17.7 Å². The Morgan fingerprint density at radius 3 is 3.18 bits per heavy atom. The molecule has 2 heterocycles. The monoisotopic (exact) mass is 316 g/mol. The number of carbonyl (C=O) groups is 1. The van der Waals surface area contributed by atoms with Crippen LogP contribution in [0.3, 0.4) is 0 Å². The molecule has 1 unspecified atom stereocenters. The molecule has 0 saturated carbocycles. The molecule has 0 aliphatic carbocycles. The molecular weight excluding hydrogens is 300 g/mol.